The number of thiocarbonyl (C=S) groups is 1. The summed E-state index contributed by atoms with van der Waals surface area (Å²) in [6, 6.07) is 0.565. The van der Waals surface area contributed by atoms with Crippen molar-refractivity contribution in [2.75, 3.05) is 11.4 Å². The maximum atomic E-state index is 5.52. The third-order valence-electron chi connectivity index (χ3n) is 2.45. The Hall–Kier alpha value is -0.750. The van der Waals surface area contributed by atoms with E-state index < -0.39 is 0 Å². The first-order chi connectivity index (χ1) is 7.66. The second kappa shape index (κ2) is 5.05. The minimum Gasteiger partial charge on any atom is -0.393 e. The monoisotopic (exact) mass is 300 g/mol. The Bertz CT molecular complexity index is 377. The number of aromatic nitrogens is 2. The topological polar surface area (TPSA) is 55.0 Å². The molecule has 0 bridgehead atoms. The van der Waals surface area contributed by atoms with E-state index in [9.17, 15) is 0 Å². The van der Waals surface area contributed by atoms with Crippen LogP contribution >= 0.6 is 28.1 Å². The van der Waals surface area contributed by atoms with Crippen LogP contribution in [0.4, 0.5) is 5.95 Å². The third kappa shape index (κ3) is 3.12. The lowest BCUT2D eigenvalue weighted by Gasteiger charge is -2.21. The first-order valence-corrected chi connectivity index (χ1v) is 6.39. The molecule has 0 saturated heterocycles. The molecule has 1 aromatic rings. The lowest BCUT2D eigenvalue weighted by atomic mass is 10.4. The van der Waals surface area contributed by atoms with Crippen molar-refractivity contribution in [3.63, 3.8) is 0 Å². The first kappa shape index (κ1) is 11.7. The van der Waals surface area contributed by atoms with Crippen molar-refractivity contribution in [2.45, 2.75) is 25.3 Å². The van der Waals surface area contributed by atoms with Crippen LogP contribution in [0.15, 0.2) is 16.9 Å². The smallest absolute Gasteiger partial charge is 0.225 e. The average molecular weight is 301 g/mol. The molecule has 0 radical (unpaired) electrons. The highest BCUT2D eigenvalue weighted by atomic mass is 79.9. The minimum atomic E-state index is 0.544. The molecule has 1 aliphatic rings. The number of halogens is 1. The molecule has 86 valence electrons. The molecule has 1 heterocycles. The van der Waals surface area contributed by atoms with Gasteiger partial charge in [0, 0.05) is 31.4 Å². The van der Waals surface area contributed by atoms with Gasteiger partial charge in [-0.2, -0.15) is 0 Å². The van der Waals surface area contributed by atoms with Gasteiger partial charge < -0.3 is 10.6 Å². The number of rotatable bonds is 5. The van der Waals surface area contributed by atoms with Crippen LogP contribution in [0.5, 0.6) is 0 Å². The zero-order valence-electron chi connectivity index (χ0n) is 8.77. The molecule has 0 unspecified atom stereocenters. The summed E-state index contributed by atoms with van der Waals surface area (Å²) in [7, 11) is 0. The molecule has 2 N–H and O–H groups in total. The molecule has 1 aliphatic carbocycles. The van der Waals surface area contributed by atoms with Gasteiger partial charge in [-0.3, -0.25) is 0 Å². The number of nitrogens with two attached hydrogens (primary N) is 1. The predicted octanol–water partition coefficient (Wildman–Crippen LogP) is 1.88. The molecule has 4 nitrogen and oxygen atoms in total. The molecule has 0 amide bonds. The van der Waals surface area contributed by atoms with E-state index >= 15 is 0 Å². The van der Waals surface area contributed by atoms with E-state index in [1.54, 1.807) is 12.4 Å². The molecule has 1 fully saturated rings. The highest BCUT2D eigenvalue weighted by Crippen LogP contribution is 2.29. The molecule has 1 saturated carbocycles. The summed E-state index contributed by atoms with van der Waals surface area (Å²) in [5.74, 6) is 0.766. The zero-order valence-corrected chi connectivity index (χ0v) is 11.2. The van der Waals surface area contributed by atoms with Gasteiger partial charge in [0.05, 0.1) is 9.46 Å². The highest BCUT2D eigenvalue weighted by molar-refractivity contribution is 9.10. The minimum absolute atomic E-state index is 0.544. The second-order valence-corrected chi connectivity index (χ2v) is 5.28. The summed E-state index contributed by atoms with van der Waals surface area (Å²) in [5.41, 5.74) is 5.52. The van der Waals surface area contributed by atoms with Crippen LogP contribution in [0.2, 0.25) is 0 Å². The summed E-state index contributed by atoms with van der Waals surface area (Å²) in [5, 5.41) is 0. The van der Waals surface area contributed by atoms with Crippen molar-refractivity contribution in [1.29, 1.82) is 0 Å². The van der Waals surface area contributed by atoms with Crippen LogP contribution in [-0.2, 0) is 0 Å². The molecule has 0 spiro atoms. The number of anilines is 1. The van der Waals surface area contributed by atoms with E-state index in [1.807, 2.05) is 0 Å². The number of hydrogen-bond acceptors (Lipinski definition) is 4. The molecular formula is C10H13BrN4S. The summed E-state index contributed by atoms with van der Waals surface area (Å²) in [6.45, 7) is 0.807. The summed E-state index contributed by atoms with van der Waals surface area (Å²) >= 11 is 8.22. The van der Waals surface area contributed by atoms with Gasteiger partial charge in [0.25, 0.3) is 0 Å². The van der Waals surface area contributed by atoms with Gasteiger partial charge in [0.15, 0.2) is 0 Å². The Morgan fingerprint density at radius 2 is 2.12 bits per heavy atom. The van der Waals surface area contributed by atoms with Gasteiger partial charge in [0.1, 0.15) is 0 Å². The largest absolute Gasteiger partial charge is 0.393 e. The van der Waals surface area contributed by atoms with Crippen LogP contribution in [-0.4, -0.2) is 27.5 Å². The maximum Gasteiger partial charge on any atom is 0.225 e. The van der Waals surface area contributed by atoms with E-state index in [2.05, 4.69) is 30.8 Å². The van der Waals surface area contributed by atoms with Crippen molar-refractivity contribution in [2.24, 2.45) is 5.73 Å². The highest BCUT2D eigenvalue weighted by Gasteiger charge is 2.30. The fourth-order valence-electron chi connectivity index (χ4n) is 1.52. The number of nitrogens with zero attached hydrogens (tertiary/aromatic N) is 3. The van der Waals surface area contributed by atoms with Gasteiger partial charge in [-0.1, -0.05) is 12.2 Å². The molecular weight excluding hydrogens is 288 g/mol. The van der Waals surface area contributed by atoms with Crippen LogP contribution in [0.1, 0.15) is 19.3 Å². The van der Waals surface area contributed by atoms with E-state index in [-0.39, 0.29) is 0 Å². The first-order valence-electron chi connectivity index (χ1n) is 5.19. The fourth-order valence-corrected chi connectivity index (χ4v) is 1.81. The SMILES string of the molecule is NC(=S)CCN(c1ncc(Br)cn1)C1CC1. The van der Waals surface area contributed by atoms with Crippen LogP contribution in [0.25, 0.3) is 0 Å². The molecule has 0 atom stereocenters. The molecule has 6 heteroatoms. The molecule has 1 aromatic heterocycles. The standard InChI is InChI=1S/C10H13BrN4S/c11-7-5-13-10(14-6-7)15(8-1-2-8)4-3-9(12)16/h5-6,8H,1-4H2,(H2,12,16). The normalized spacial score (nSPS) is 14.8. The molecule has 16 heavy (non-hydrogen) atoms. The Morgan fingerprint density at radius 3 is 2.62 bits per heavy atom. The van der Waals surface area contributed by atoms with Gasteiger partial charge in [0.2, 0.25) is 5.95 Å². The molecule has 0 aliphatic heterocycles. The van der Waals surface area contributed by atoms with E-state index in [4.69, 9.17) is 18.0 Å². The van der Waals surface area contributed by atoms with Gasteiger partial charge in [-0.25, -0.2) is 9.97 Å². The van der Waals surface area contributed by atoms with E-state index in [0.29, 0.717) is 17.5 Å². The predicted molar refractivity (Wildman–Crippen MR) is 71.5 cm³/mol. The Balaban J connectivity index is 2.06. The average Bonchev–Trinajstić information content (AvgIpc) is 3.04. The van der Waals surface area contributed by atoms with Crippen molar-refractivity contribution in [3.8, 4) is 0 Å². The maximum absolute atomic E-state index is 5.52. The van der Waals surface area contributed by atoms with E-state index in [1.165, 1.54) is 12.8 Å². The van der Waals surface area contributed by atoms with Gasteiger partial charge >= 0.3 is 0 Å². The number of hydrogen-bond donors (Lipinski definition) is 1. The third-order valence-corrected chi connectivity index (χ3v) is 3.06. The Morgan fingerprint density at radius 1 is 1.50 bits per heavy atom. The van der Waals surface area contributed by atoms with Crippen molar-refractivity contribution in [1.82, 2.24) is 9.97 Å². The van der Waals surface area contributed by atoms with Crippen LogP contribution in [0.3, 0.4) is 0 Å². The van der Waals surface area contributed by atoms with Crippen molar-refractivity contribution in [3.05, 3.63) is 16.9 Å². The lowest BCUT2D eigenvalue weighted by Crippen LogP contribution is -2.31. The van der Waals surface area contributed by atoms with Crippen molar-refractivity contribution < 1.29 is 0 Å². The quantitative estimate of drug-likeness (QED) is 0.842. The summed E-state index contributed by atoms with van der Waals surface area (Å²) in [4.78, 5) is 11.3. The summed E-state index contributed by atoms with van der Waals surface area (Å²) < 4.78 is 0.890. The lowest BCUT2D eigenvalue weighted by molar-refractivity contribution is 0.765. The summed E-state index contributed by atoms with van der Waals surface area (Å²) in [6.07, 6.45) is 6.65. The zero-order chi connectivity index (χ0) is 11.5. The van der Waals surface area contributed by atoms with Gasteiger partial charge in [-0.15, -0.1) is 0 Å². The molecule has 0 aromatic carbocycles. The van der Waals surface area contributed by atoms with Crippen LogP contribution in [0, 0.1) is 0 Å². The Kier molecular flexibility index (Phi) is 3.70. The molecule has 2 rings (SSSR count). The van der Waals surface area contributed by atoms with Gasteiger partial charge in [-0.05, 0) is 28.8 Å². The van der Waals surface area contributed by atoms with Crippen LogP contribution < -0.4 is 10.6 Å². The van der Waals surface area contributed by atoms with Crippen molar-refractivity contribution >= 4 is 39.1 Å². The fraction of sp³-hybridized carbons (Fsp3) is 0.500. The Labute approximate surface area is 108 Å². The van der Waals surface area contributed by atoms with E-state index in [0.717, 1.165) is 17.0 Å². The second-order valence-electron chi connectivity index (χ2n) is 3.84.